The van der Waals surface area contributed by atoms with Gasteiger partial charge in [0.1, 0.15) is 22.1 Å². The zero-order valence-corrected chi connectivity index (χ0v) is 14.8. The maximum atomic E-state index is 13.1. The maximum Gasteiger partial charge on any atom is 0.203 e. The second-order valence-corrected chi connectivity index (χ2v) is 7.11. The number of aromatic nitrogens is 1. The Kier molecular flexibility index (Phi) is 3.81. The molecule has 126 valence electrons. The van der Waals surface area contributed by atoms with Gasteiger partial charge in [0.2, 0.25) is 5.43 Å². The van der Waals surface area contributed by atoms with Gasteiger partial charge in [-0.05, 0) is 37.1 Å². The molecule has 0 aliphatic heterocycles. The van der Waals surface area contributed by atoms with Gasteiger partial charge in [0.05, 0.1) is 21.2 Å². The summed E-state index contributed by atoms with van der Waals surface area (Å²) in [5.41, 5.74) is 2.45. The second-order valence-electron chi connectivity index (χ2n) is 6.08. The molecule has 0 saturated carbocycles. The standard InChI is InChI=1S/C20H17NO3S/c1-3-6-12-9-13-16(10-15(12)22)24-11(2)18(19(13)23)20-21-14-7-4-5-8-17(14)25-20/h4-5,7-10,22H,3,6H2,1-2H3. The Balaban J connectivity index is 2.00. The van der Waals surface area contributed by atoms with Gasteiger partial charge in [-0.25, -0.2) is 4.98 Å². The Hall–Kier alpha value is -2.66. The van der Waals surface area contributed by atoms with E-state index in [1.54, 1.807) is 13.0 Å². The predicted octanol–water partition coefficient (Wildman–Crippen LogP) is 5.04. The summed E-state index contributed by atoms with van der Waals surface area (Å²) in [7, 11) is 0. The fourth-order valence-electron chi connectivity index (χ4n) is 3.08. The summed E-state index contributed by atoms with van der Waals surface area (Å²) in [5.74, 6) is 0.684. The molecule has 0 amide bonds. The second kappa shape index (κ2) is 6.01. The van der Waals surface area contributed by atoms with Crippen LogP contribution in [0, 0.1) is 6.92 Å². The lowest BCUT2D eigenvalue weighted by Gasteiger charge is -2.08. The minimum absolute atomic E-state index is 0.102. The van der Waals surface area contributed by atoms with Gasteiger partial charge < -0.3 is 9.52 Å². The summed E-state index contributed by atoms with van der Waals surface area (Å²) in [6.07, 6.45) is 1.60. The van der Waals surface area contributed by atoms with Crippen LogP contribution in [0.1, 0.15) is 24.7 Å². The van der Waals surface area contributed by atoms with Crippen molar-refractivity contribution in [1.82, 2.24) is 4.98 Å². The number of aryl methyl sites for hydroxylation is 2. The quantitative estimate of drug-likeness (QED) is 0.562. The molecule has 5 heteroatoms. The van der Waals surface area contributed by atoms with E-state index in [0.29, 0.717) is 33.7 Å². The predicted molar refractivity (Wildman–Crippen MR) is 101 cm³/mol. The molecule has 0 unspecified atom stereocenters. The zero-order chi connectivity index (χ0) is 17.6. The van der Waals surface area contributed by atoms with Crippen LogP contribution >= 0.6 is 11.3 Å². The maximum absolute atomic E-state index is 13.1. The minimum Gasteiger partial charge on any atom is -0.508 e. The van der Waals surface area contributed by atoms with Crippen LogP contribution in [0.25, 0.3) is 31.8 Å². The van der Waals surface area contributed by atoms with Gasteiger partial charge in [-0.15, -0.1) is 11.3 Å². The van der Waals surface area contributed by atoms with Crippen molar-refractivity contribution in [2.75, 3.05) is 0 Å². The van der Waals surface area contributed by atoms with Crippen LogP contribution in [0.3, 0.4) is 0 Å². The highest BCUT2D eigenvalue weighted by molar-refractivity contribution is 7.21. The van der Waals surface area contributed by atoms with E-state index in [2.05, 4.69) is 4.98 Å². The molecule has 0 saturated heterocycles. The minimum atomic E-state index is -0.102. The molecule has 0 spiro atoms. The number of nitrogens with zero attached hydrogens (tertiary/aromatic N) is 1. The summed E-state index contributed by atoms with van der Waals surface area (Å²) in [4.78, 5) is 17.7. The van der Waals surface area contributed by atoms with E-state index in [-0.39, 0.29) is 11.2 Å². The average Bonchev–Trinajstić information content (AvgIpc) is 3.00. The molecule has 0 radical (unpaired) electrons. The van der Waals surface area contributed by atoms with E-state index in [4.69, 9.17) is 4.42 Å². The third kappa shape index (κ3) is 2.61. The van der Waals surface area contributed by atoms with Crippen molar-refractivity contribution in [2.45, 2.75) is 26.7 Å². The van der Waals surface area contributed by atoms with Crippen LogP contribution in [0.2, 0.25) is 0 Å². The van der Waals surface area contributed by atoms with Crippen LogP contribution in [-0.2, 0) is 6.42 Å². The monoisotopic (exact) mass is 351 g/mol. The van der Waals surface area contributed by atoms with Gasteiger partial charge in [0.25, 0.3) is 0 Å². The van der Waals surface area contributed by atoms with Crippen LogP contribution < -0.4 is 5.43 Å². The van der Waals surface area contributed by atoms with Crippen molar-refractivity contribution in [3.05, 3.63) is 57.9 Å². The van der Waals surface area contributed by atoms with Gasteiger partial charge in [-0.1, -0.05) is 25.5 Å². The topological polar surface area (TPSA) is 63.3 Å². The number of benzene rings is 2. The SMILES string of the molecule is CCCc1cc2c(=O)c(-c3nc4ccccc4s3)c(C)oc2cc1O. The Morgan fingerprint density at radius 1 is 1.24 bits per heavy atom. The van der Waals surface area contributed by atoms with E-state index >= 15 is 0 Å². The van der Waals surface area contributed by atoms with Gasteiger partial charge in [-0.3, -0.25) is 4.79 Å². The molecule has 0 aliphatic rings. The molecular weight excluding hydrogens is 334 g/mol. The fraction of sp³-hybridized carbons (Fsp3) is 0.200. The number of phenols is 1. The summed E-state index contributed by atoms with van der Waals surface area (Å²) < 4.78 is 6.88. The first-order valence-corrected chi connectivity index (χ1v) is 9.05. The molecular formula is C20H17NO3S. The normalized spacial score (nSPS) is 11.4. The Morgan fingerprint density at radius 2 is 2.04 bits per heavy atom. The number of para-hydroxylation sites is 1. The summed E-state index contributed by atoms with van der Waals surface area (Å²) in [5, 5.41) is 11.3. The Morgan fingerprint density at radius 3 is 2.80 bits per heavy atom. The average molecular weight is 351 g/mol. The van der Waals surface area contributed by atoms with E-state index in [1.807, 2.05) is 31.2 Å². The van der Waals surface area contributed by atoms with Crippen LogP contribution in [-0.4, -0.2) is 10.1 Å². The van der Waals surface area contributed by atoms with Gasteiger partial charge >= 0.3 is 0 Å². The first kappa shape index (κ1) is 15.8. The number of hydrogen-bond acceptors (Lipinski definition) is 5. The van der Waals surface area contributed by atoms with Crippen molar-refractivity contribution in [3.63, 3.8) is 0 Å². The van der Waals surface area contributed by atoms with Gasteiger partial charge in [0.15, 0.2) is 0 Å². The zero-order valence-electron chi connectivity index (χ0n) is 14.0. The van der Waals surface area contributed by atoms with Crippen molar-refractivity contribution in [3.8, 4) is 16.3 Å². The van der Waals surface area contributed by atoms with Crippen molar-refractivity contribution < 1.29 is 9.52 Å². The van der Waals surface area contributed by atoms with Crippen molar-refractivity contribution in [1.29, 1.82) is 0 Å². The van der Waals surface area contributed by atoms with E-state index in [1.165, 1.54) is 17.4 Å². The van der Waals surface area contributed by atoms with E-state index in [9.17, 15) is 9.90 Å². The van der Waals surface area contributed by atoms with E-state index in [0.717, 1.165) is 22.2 Å². The first-order valence-electron chi connectivity index (χ1n) is 8.23. The lowest BCUT2D eigenvalue weighted by atomic mass is 10.0. The highest BCUT2D eigenvalue weighted by Crippen LogP contribution is 2.33. The molecule has 4 aromatic rings. The lowest BCUT2D eigenvalue weighted by Crippen LogP contribution is -2.08. The molecule has 4 nitrogen and oxygen atoms in total. The largest absolute Gasteiger partial charge is 0.508 e. The van der Waals surface area contributed by atoms with Crippen LogP contribution in [0.15, 0.2) is 45.6 Å². The molecule has 2 aromatic carbocycles. The third-order valence-electron chi connectivity index (χ3n) is 4.29. The van der Waals surface area contributed by atoms with Gasteiger partial charge in [0, 0.05) is 6.07 Å². The smallest absolute Gasteiger partial charge is 0.203 e. The number of rotatable bonds is 3. The summed E-state index contributed by atoms with van der Waals surface area (Å²) in [6.45, 7) is 3.80. The summed E-state index contributed by atoms with van der Waals surface area (Å²) in [6, 6.07) is 11.1. The number of fused-ring (bicyclic) bond motifs is 2. The lowest BCUT2D eigenvalue weighted by molar-refractivity contribution is 0.466. The highest BCUT2D eigenvalue weighted by Gasteiger charge is 2.18. The summed E-state index contributed by atoms with van der Waals surface area (Å²) >= 11 is 1.48. The molecule has 2 aromatic heterocycles. The molecule has 0 aliphatic carbocycles. The first-order chi connectivity index (χ1) is 12.1. The molecule has 2 heterocycles. The Bertz CT molecular complexity index is 1120. The van der Waals surface area contributed by atoms with Crippen molar-refractivity contribution in [2.24, 2.45) is 0 Å². The molecule has 0 fully saturated rings. The molecule has 1 N–H and O–H groups in total. The molecule has 0 bridgehead atoms. The molecule has 25 heavy (non-hydrogen) atoms. The highest BCUT2D eigenvalue weighted by atomic mass is 32.1. The Labute approximate surface area is 148 Å². The fourth-order valence-corrected chi connectivity index (χ4v) is 4.14. The number of phenolic OH excluding ortho intramolecular Hbond substituents is 1. The van der Waals surface area contributed by atoms with Gasteiger partial charge in [-0.2, -0.15) is 0 Å². The molecule has 0 atom stereocenters. The number of aromatic hydroxyl groups is 1. The van der Waals surface area contributed by atoms with Crippen LogP contribution in [0.4, 0.5) is 0 Å². The van der Waals surface area contributed by atoms with E-state index < -0.39 is 0 Å². The number of hydrogen-bond donors (Lipinski definition) is 1. The number of thiazole rings is 1. The van der Waals surface area contributed by atoms with Crippen molar-refractivity contribution >= 4 is 32.5 Å². The third-order valence-corrected chi connectivity index (χ3v) is 5.35. The molecule has 4 rings (SSSR count). The van der Waals surface area contributed by atoms with Crippen LogP contribution in [0.5, 0.6) is 5.75 Å².